The molecule has 8 heteroatoms. The maximum Gasteiger partial charge on any atom is 0.262 e. The van der Waals surface area contributed by atoms with Gasteiger partial charge in [-0.2, -0.15) is 0 Å². The summed E-state index contributed by atoms with van der Waals surface area (Å²) in [7, 11) is -3.83. The first-order chi connectivity index (χ1) is 13.6. The summed E-state index contributed by atoms with van der Waals surface area (Å²) in [5.41, 5.74) is -0.337. The van der Waals surface area contributed by atoms with Gasteiger partial charge in [-0.3, -0.25) is 9.52 Å². The SMILES string of the molecule is CC(C)(CF)C(=O)Nc1ccc(NS(=O)(=O)c2ccc(Br)c3ccccc23)cc1. The predicted octanol–water partition coefficient (Wildman–Crippen LogP) is 5.34. The number of carbonyl (C=O) groups is 1. The van der Waals surface area contributed by atoms with Crippen LogP contribution in [0.5, 0.6) is 0 Å². The number of anilines is 2. The average Bonchev–Trinajstić information content (AvgIpc) is 2.69. The molecule has 0 saturated carbocycles. The molecule has 0 atom stereocenters. The summed E-state index contributed by atoms with van der Waals surface area (Å²) in [5, 5.41) is 4.02. The largest absolute Gasteiger partial charge is 0.326 e. The zero-order valence-corrected chi connectivity index (χ0v) is 18.3. The number of benzene rings is 3. The molecule has 0 heterocycles. The molecule has 29 heavy (non-hydrogen) atoms. The predicted molar refractivity (Wildman–Crippen MR) is 117 cm³/mol. The summed E-state index contributed by atoms with van der Waals surface area (Å²) in [5.74, 6) is -0.449. The third-order valence-electron chi connectivity index (χ3n) is 4.46. The van der Waals surface area contributed by atoms with E-state index in [0.29, 0.717) is 16.8 Å². The van der Waals surface area contributed by atoms with E-state index < -0.39 is 28.0 Å². The number of carbonyl (C=O) groups excluding carboxylic acids is 1. The lowest BCUT2D eigenvalue weighted by Gasteiger charge is -2.19. The van der Waals surface area contributed by atoms with Gasteiger partial charge < -0.3 is 5.32 Å². The van der Waals surface area contributed by atoms with Crippen molar-refractivity contribution in [2.24, 2.45) is 5.41 Å². The van der Waals surface area contributed by atoms with E-state index >= 15 is 0 Å². The molecule has 0 radical (unpaired) electrons. The molecule has 1 amide bonds. The first-order valence-corrected chi connectivity index (χ1v) is 11.1. The van der Waals surface area contributed by atoms with Crippen LogP contribution in [0.25, 0.3) is 10.8 Å². The van der Waals surface area contributed by atoms with Crippen LogP contribution in [0, 0.1) is 5.41 Å². The van der Waals surface area contributed by atoms with Crippen LogP contribution in [-0.2, 0) is 14.8 Å². The Morgan fingerprint density at radius 3 is 2.17 bits per heavy atom. The minimum Gasteiger partial charge on any atom is -0.326 e. The van der Waals surface area contributed by atoms with Gasteiger partial charge in [0.2, 0.25) is 5.91 Å². The lowest BCUT2D eigenvalue weighted by Crippen LogP contribution is -2.32. The molecule has 3 aromatic rings. The first kappa shape index (κ1) is 21.3. The normalized spacial score (nSPS) is 12.0. The molecule has 0 spiro atoms. The minimum absolute atomic E-state index is 0.165. The number of hydrogen-bond donors (Lipinski definition) is 2. The zero-order chi connectivity index (χ0) is 21.2. The van der Waals surface area contributed by atoms with E-state index in [9.17, 15) is 17.6 Å². The van der Waals surface area contributed by atoms with Gasteiger partial charge in [-0.15, -0.1) is 0 Å². The Balaban J connectivity index is 1.83. The maximum absolute atomic E-state index is 12.9. The number of hydrogen-bond acceptors (Lipinski definition) is 3. The average molecular weight is 479 g/mol. The van der Waals surface area contributed by atoms with E-state index in [2.05, 4.69) is 26.0 Å². The van der Waals surface area contributed by atoms with Crippen molar-refractivity contribution in [3.05, 3.63) is 65.1 Å². The smallest absolute Gasteiger partial charge is 0.262 e. The molecule has 3 aromatic carbocycles. The molecule has 0 aliphatic rings. The van der Waals surface area contributed by atoms with Gasteiger partial charge in [0.05, 0.1) is 10.3 Å². The lowest BCUT2D eigenvalue weighted by molar-refractivity contribution is -0.124. The Hall–Kier alpha value is -2.45. The number of nitrogens with one attached hydrogen (secondary N) is 2. The van der Waals surface area contributed by atoms with Gasteiger partial charge in [0, 0.05) is 21.2 Å². The number of fused-ring (bicyclic) bond motifs is 1. The first-order valence-electron chi connectivity index (χ1n) is 8.81. The van der Waals surface area contributed by atoms with E-state index in [0.717, 1.165) is 9.86 Å². The molecule has 2 N–H and O–H groups in total. The van der Waals surface area contributed by atoms with Crippen LogP contribution < -0.4 is 10.0 Å². The van der Waals surface area contributed by atoms with Crippen LogP contribution in [-0.4, -0.2) is 21.0 Å². The molecule has 152 valence electrons. The molecule has 0 aliphatic heterocycles. The second-order valence-corrected chi connectivity index (χ2v) is 9.75. The fourth-order valence-electron chi connectivity index (χ4n) is 2.66. The van der Waals surface area contributed by atoms with Gasteiger partial charge in [0.1, 0.15) is 6.67 Å². The molecule has 0 fully saturated rings. The minimum atomic E-state index is -3.83. The summed E-state index contributed by atoms with van der Waals surface area (Å²) >= 11 is 3.44. The Bertz CT molecular complexity index is 1160. The van der Waals surface area contributed by atoms with Crippen LogP contribution in [0.1, 0.15) is 13.8 Å². The van der Waals surface area contributed by atoms with Crippen molar-refractivity contribution in [2.45, 2.75) is 18.7 Å². The Kier molecular flexibility index (Phi) is 5.95. The second-order valence-electron chi connectivity index (χ2n) is 7.25. The van der Waals surface area contributed by atoms with Gasteiger partial charge in [0.15, 0.2) is 0 Å². The van der Waals surface area contributed by atoms with E-state index in [1.807, 2.05) is 12.1 Å². The van der Waals surface area contributed by atoms with E-state index in [4.69, 9.17) is 0 Å². The van der Waals surface area contributed by atoms with Crippen molar-refractivity contribution in [3.8, 4) is 0 Å². The fourth-order valence-corrected chi connectivity index (χ4v) is 4.41. The lowest BCUT2D eigenvalue weighted by atomic mass is 9.94. The molecule has 0 bridgehead atoms. The van der Waals surface area contributed by atoms with Crippen LogP contribution in [0.2, 0.25) is 0 Å². The topological polar surface area (TPSA) is 75.3 Å². The van der Waals surface area contributed by atoms with E-state index in [1.165, 1.54) is 26.0 Å². The molecule has 0 unspecified atom stereocenters. The number of alkyl halides is 1. The number of sulfonamides is 1. The molecule has 0 aromatic heterocycles. The fraction of sp³-hybridized carbons (Fsp3) is 0.190. The molecule has 0 saturated heterocycles. The van der Waals surface area contributed by atoms with E-state index in [-0.39, 0.29) is 4.90 Å². The van der Waals surface area contributed by atoms with Crippen molar-refractivity contribution >= 4 is 54.0 Å². The van der Waals surface area contributed by atoms with Crippen molar-refractivity contribution in [1.29, 1.82) is 0 Å². The quantitative estimate of drug-likeness (QED) is 0.502. The molecule has 5 nitrogen and oxygen atoms in total. The third-order valence-corrected chi connectivity index (χ3v) is 6.60. The van der Waals surface area contributed by atoms with Gasteiger partial charge >= 0.3 is 0 Å². The third kappa shape index (κ3) is 4.59. The van der Waals surface area contributed by atoms with Crippen LogP contribution >= 0.6 is 15.9 Å². The van der Waals surface area contributed by atoms with Crippen molar-refractivity contribution in [3.63, 3.8) is 0 Å². The monoisotopic (exact) mass is 478 g/mol. The Morgan fingerprint density at radius 1 is 0.966 bits per heavy atom. The van der Waals surface area contributed by atoms with Crippen molar-refractivity contribution < 1.29 is 17.6 Å². The van der Waals surface area contributed by atoms with Crippen LogP contribution in [0.4, 0.5) is 15.8 Å². The Morgan fingerprint density at radius 2 is 1.55 bits per heavy atom. The highest BCUT2D eigenvalue weighted by molar-refractivity contribution is 9.10. The highest BCUT2D eigenvalue weighted by Gasteiger charge is 2.27. The van der Waals surface area contributed by atoms with Crippen LogP contribution in [0.15, 0.2) is 70.0 Å². The van der Waals surface area contributed by atoms with Crippen molar-refractivity contribution in [2.75, 3.05) is 16.7 Å². The van der Waals surface area contributed by atoms with Gasteiger partial charge in [-0.25, -0.2) is 12.8 Å². The van der Waals surface area contributed by atoms with Gasteiger partial charge in [-0.05, 0) is 55.6 Å². The number of halogens is 2. The summed E-state index contributed by atoms with van der Waals surface area (Å²) in [6.45, 7) is 2.23. The summed E-state index contributed by atoms with van der Waals surface area (Å²) in [4.78, 5) is 12.2. The van der Waals surface area contributed by atoms with E-state index in [1.54, 1.807) is 36.4 Å². The van der Waals surface area contributed by atoms with Crippen LogP contribution in [0.3, 0.4) is 0 Å². The maximum atomic E-state index is 12.9. The number of amides is 1. The zero-order valence-electron chi connectivity index (χ0n) is 15.9. The number of rotatable bonds is 6. The molecular weight excluding hydrogens is 459 g/mol. The molecule has 0 aliphatic carbocycles. The summed E-state index contributed by atoms with van der Waals surface area (Å²) < 4.78 is 42.1. The Labute approximate surface area is 177 Å². The molecule has 3 rings (SSSR count). The summed E-state index contributed by atoms with van der Waals surface area (Å²) in [6.07, 6.45) is 0. The second kappa shape index (κ2) is 8.12. The highest BCUT2D eigenvalue weighted by Crippen LogP contribution is 2.30. The van der Waals surface area contributed by atoms with Gasteiger partial charge in [-0.1, -0.05) is 40.2 Å². The molecular formula is C21H20BrFN2O3S. The summed E-state index contributed by atoms with van der Waals surface area (Å²) in [6, 6.07) is 16.7. The van der Waals surface area contributed by atoms with Crippen molar-refractivity contribution in [1.82, 2.24) is 0 Å². The highest BCUT2D eigenvalue weighted by atomic mass is 79.9. The van der Waals surface area contributed by atoms with Gasteiger partial charge in [0.25, 0.3) is 10.0 Å². The standard InChI is InChI=1S/C21H20BrFN2O3S/c1-21(2,13-23)20(26)24-14-7-9-15(10-8-14)25-29(27,28)19-12-11-18(22)16-5-3-4-6-17(16)19/h3-12,25H,13H2,1-2H3,(H,24,26).